The van der Waals surface area contributed by atoms with Gasteiger partial charge in [-0.05, 0) is 80.8 Å². The van der Waals surface area contributed by atoms with Crippen molar-refractivity contribution in [3.8, 4) is 11.5 Å². The van der Waals surface area contributed by atoms with Gasteiger partial charge in [-0.3, -0.25) is 0 Å². The highest BCUT2D eigenvalue weighted by Gasteiger charge is 2.16. The van der Waals surface area contributed by atoms with Crippen LogP contribution in [0.5, 0.6) is 11.5 Å². The minimum Gasteiger partial charge on any atom is -0.482 e. The summed E-state index contributed by atoms with van der Waals surface area (Å²) in [6, 6.07) is 15.7. The molecule has 0 spiro atoms. The molecule has 2 aromatic carbocycles. The van der Waals surface area contributed by atoms with Crippen molar-refractivity contribution in [2.45, 2.75) is 78.7 Å². The topological polar surface area (TPSA) is 71.1 Å². The van der Waals surface area contributed by atoms with E-state index < -0.39 is 5.60 Å². The zero-order valence-electron chi connectivity index (χ0n) is 22.6. The van der Waals surface area contributed by atoms with Crippen LogP contribution in [-0.2, 0) is 19.1 Å². The lowest BCUT2D eigenvalue weighted by Crippen LogP contribution is -2.27. The van der Waals surface area contributed by atoms with Crippen molar-refractivity contribution in [1.82, 2.24) is 0 Å². The van der Waals surface area contributed by atoms with Gasteiger partial charge in [-0.25, -0.2) is 9.59 Å². The van der Waals surface area contributed by atoms with Crippen LogP contribution in [0.3, 0.4) is 0 Å². The molecular formula is C29H42O6. The Balaban J connectivity index is 0.000000355. The summed E-state index contributed by atoms with van der Waals surface area (Å²) in [6.45, 7) is 14.1. The third-order valence-corrected chi connectivity index (χ3v) is 5.48. The number of methoxy groups -OCH3 is 1. The van der Waals surface area contributed by atoms with E-state index in [-0.39, 0.29) is 25.2 Å². The summed E-state index contributed by atoms with van der Waals surface area (Å²) in [5.41, 5.74) is 2.10. The lowest BCUT2D eigenvalue weighted by molar-refractivity contribution is -0.157. The van der Waals surface area contributed by atoms with E-state index in [0.29, 0.717) is 23.3 Å². The second kappa shape index (κ2) is 15.1. The predicted octanol–water partition coefficient (Wildman–Crippen LogP) is 6.67. The van der Waals surface area contributed by atoms with E-state index in [1.807, 2.05) is 69.3 Å². The molecule has 2 atom stereocenters. The molecule has 0 fully saturated rings. The Labute approximate surface area is 210 Å². The number of hydrogen-bond acceptors (Lipinski definition) is 6. The third-order valence-electron chi connectivity index (χ3n) is 5.48. The van der Waals surface area contributed by atoms with Crippen molar-refractivity contribution in [1.29, 1.82) is 0 Å². The second-order valence-corrected chi connectivity index (χ2v) is 9.50. The molecule has 35 heavy (non-hydrogen) atoms. The highest BCUT2D eigenvalue weighted by molar-refractivity contribution is 5.71. The van der Waals surface area contributed by atoms with Crippen LogP contribution in [0.25, 0.3) is 0 Å². The van der Waals surface area contributed by atoms with E-state index >= 15 is 0 Å². The molecule has 0 aliphatic carbocycles. The van der Waals surface area contributed by atoms with Gasteiger partial charge in [0, 0.05) is 0 Å². The number of ether oxygens (including phenoxy) is 4. The molecule has 6 nitrogen and oxygen atoms in total. The maximum Gasteiger partial charge on any atom is 0.344 e. The van der Waals surface area contributed by atoms with Crippen molar-refractivity contribution in [3.63, 3.8) is 0 Å². The number of esters is 2. The molecule has 0 aliphatic rings. The Morgan fingerprint density at radius 3 is 1.40 bits per heavy atom. The molecule has 0 aliphatic heterocycles. The first-order valence-corrected chi connectivity index (χ1v) is 12.2. The van der Waals surface area contributed by atoms with E-state index in [2.05, 4.69) is 32.4 Å². The summed E-state index contributed by atoms with van der Waals surface area (Å²) in [6.07, 6.45) is 2.22. The van der Waals surface area contributed by atoms with Crippen LogP contribution in [0.2, 0.25) is 0 Å². The van der Waals surface area contributed by atoms with Gasteiger partial charge in [0.05, 0.1) is 7.11 Å². The molecule has 2 aromatic rings. The first kappa shape index (κ1) is 30.0. The standard InChI is InChI=1S/C16H24O3.C13H18O3/c1-6-12(2)13-7-9-14(10-8-13)18-11-15(17)19-16(3,4)5;1-4-10(2)11-5-7-12(8-6-11)16-9-13(14)15-3/h7-10,12H,6,11H2,1-5H3;5-8,10H,4,9H2,1-3H3. The Bertz CT molecular complexity index is 881. The quantitative estimate of drug-likeness (QED) is 0.349. The maximum atomic E-state index is 11.5. The van der Waals surface area contributed by atoms with Crippen LogP contribution in [0.1, 0.15) is 84.3 Å². The van der Waals surface area contributed by atoms with Gasteiger partial charge in [-0.2, -0.15) is 0 Å². The summed E-state index contributed by atoms with van der Waals surface area (Å²) in [5.74, 6) is 1.76. The van der Waals surface area contributed by atoms with Crippen LogP contribution in [0.15, 0.2) is 48.5 Å². The van der Waals surface area contributed by atoms with Crippen molar-refractivity contribution in [3.05, 3.63) is 59.7 Å². The van der Waals surface area contributed by atoms with Crippen LogP contribution in [-0.4, -0.2) is 37.9 Å². The Kier molecular flexibility index (Phi) is 12.9. The van der Waals surface area contributed by atoms with E-state index in [4.69, 9.17) is 14.2 Å². The first-order chi connectivity index (χ1) is 16.5. The van der Waals surface area contributed by atoms with Crippen LogP contribution in [0, 0.1) is 0 Å². The molecule has 2 rings (SSSR count). The molecule has 0 amide bonds. The number of carbonyl (C=O) groups is 2. The predicted molar refractivity (Wildman–Crippen MR) is 139 cm³/mol. The van der Waals surface area contributed by atoms with Gasteiger partial charge in [0.25, 0.3) is 0 Å². The van der Waals surface area contributed by atoms with Gasteiger partial charge < -0.3 is 18.9 Å². The normalized spacial score (nSPS) is 12.5. The van der Waals surface area contributed by atoms with Crippen molar-refractivity contribution in [2.24, 2.45) is 0 Å². The molecule has 6 heteroatoms. The van der Waals surface area contributed by atoms with Gasteiger partial charge >= 0.3 is 11.9 Å². The fourth-order valence-electron chi connectivity index (χ4n) is 2.97. The van der Waals surface area contributed by atoms with Gasteiger partial charge in [0.15, 0.2) is 13.2 Å². The van der Waals surface area contributed by atoms with Crippen molar-refractivity contribution in [2.75, 3.05) is 20.3 Å². The van der Waals surface area contributed by atoms with E-state index in [9.17, 15) is 9.59 Å². The molecule has 194 valence electrons. The van der Waals surface area contributed by atoms with E-state index in [1.165, 1.54) is 18.2 Å². The number of hydrogen-bond donors (Lipinski definition) is 0. The number of carbonyl (C=O) groups excluding carboxylic acids is 2. The van der Waals surface area contributed by atoms with E-state index in [0.717, 1.165) is 12.8 Å². The maximum absolute atomic E-state index is 11.5. The van der Waals surface area contributed by atoms with E-state index in [1.54, 1.807) is 0 Å². The smallest absolute Gasteiger partial charge is 0.344 e. The molecule has 0 N–H and O–H groups in total. The lowest BCUT2D eigenvalue weighted by atomic mass is 9.99. The molecule has 0 saturated carbocycles. The zero-order valence-corrected chi connectivity index (χ0v) is 22.6. The Morgan fingerprint density at radius 1 is 0.714 bits per heavy atom. The molecule has 0 radical (unpaired) electrons. The minimum atomic E-state index is -0.471. The van der Waals surface area contributed by atoms with Gasteiger partial charge in [-0.1, -0.05) is 52.0 Å². The van der Waals surface area contributed by atoms with Crippen LogP contribution < -0.4 is 9.47 Å². The average Bonchev–Trinajstić information content (AvgIpc) is 2.85. The van der Waals surface area contributed by atoms with Crippen LogP contribution >= 0.6 is 0 Å². The van der Waals surface area contributed by atoms with Crippen LogP contribution in [0.4, 0.5) is 0 Å². The Hall–Kier alpha value is -3.02. The molecule has 2 unspecified atom stereocenters. The molecule has 0 saturated heterocycles. The number of benzene rings is 2. The van der Waals surface area contributed by atoms with Gasteiger partial charge in [0.1, 0.15) is 17.1 Å². The zero-order chi connectivity index (χ0) is 26.4. The second-order valence-electron chi connectivity index (χ2n) is 9.50. The first-order valence-electron chi connectivity index (χ1n) is 12.2. The minimum absolute atomic E-state index is 0.0425. The molecule has 0 bridgehead atoms. The summed E-state index contributed by atoms with van der Waals surface area (Å²) in [5, 5.41) is 0. The molecule has 0 aromatic heterocycles. The third kappa shape index (κ3) is 12.3. The summed E-state index contributed by atoms with van der Waals surface area (Å²) in [4.78, 5) is 22.4. The monoisotopic (exact) mass is 486 g/mol. The summed E-state index contributed by atoms with van der Waals surface area (Å²) in [7, 11) is 1.34. The highest BCUT2D eigenvalue weighted by atomic mass is 16.6. The van der Waals surface area contributed by atoms with Crippen molar-refractivity contribution >= 4 is 11.9 Å². The SMILES string of the molecule is CCC(C)c1ccc(OCC(=O)OC(C)(C)C)cc1.CCC(C)c1ccc(OCC(=O)OC)cc1. The average molecular weight is 487 g/mol. The lowest BCUT2D eigenvalue weighted by Gasteiger charge is -2.19. The summed E-state index contributed by atoms with van der Waals surface area (Å²) < 4.78 is 20.3. The molecular weight excluding hydrogens is 444 g/mol. The largest absolute Gasteiger partial charge is 0.482 e. The van der Waals surface area contributed by atoms with Gasteiger partial charge in [0.2, 0.25) is 0 Å². The number of rotatable bonds is 10. The van der Waals surface area contributed by atoms with Crippen molar-refractivity contribution < 1.29 is 28.5 Å². The fraction of sp³-hybridized carbons (Fsp3) is 0.517. The fourth-order valence-corrected chi connectivity index (χ4v) is 2.97. The molecule has 0 heterocycles. The van der Waals surface area contributed by atoms with Gasteiger partial charge in [-0.15, -0.1) is 0 Å². The Morgan fingerprint density at radius 2 is 1.09 bits per heavy atom. The highest BCUT2D eigenvalue weighted by Crippen LogP contribution is 2.22. The summed E-state index contributed by atoms with van der Waals surface area (Å²) >= 11 is 0.